The molecule has 31 heavy (non-hydrogen) atoms. The number of hydrogen-bond acceptors (Lipinski definition) is 2. The Labute approximate surface area is 180 Å². The van der Waals surface area contributed by atoms with Crippen molar-refractivity contribution in [2.75, 3.05) is 6.54 Å². The monoisotopic (exact) mass is 429 g/mol. The molecule has 0 unspecified atom stereocenters. The molecule has 164 valence electrons. The summed E-state index contributed by atoms with van der Waals surface area (Å²) in [5.74, 6) is 0.881. The van der Waals surface area contributed by atoms with E-state index in [-0.39, 0.29) is 11.8 Å². The van der Waals surface area contributed by atoms with E-state index in [4.69, 9.17) is 0 Å². The Morgan fingerprint density at radius 3 is 2.29 bits per heavy atom. The van der Waals surface area contributed by atoms with Crippen molar-refractivity contribution in [2.24, 2.45) is 5.92 Å². The highest BCUT2D eigenvalue weighted by Crippen LogP contribution is 2.29. The summed E-state index contributed by atoms with van der Waals surface area (Å²) in [6.45, 7) is 7.33. The minimum absolute atomic E-state index is 0.0715. The van der Waals surface area contributed by atoms with Crippen molar-refractivity contribution in [1.29, 1.82) is 0 Å². The van der Waals surface area contributed by atoms with Gasteiger partial charge in [-0.2, -0.15) is 13.2 Å². The molecule has 0 spiro atoms. The molecule has 2 aromatic carbocycles. The third-order valence-corrected chi connectivity index (χ3v) is 4.94. The first-order valence-corrected chi connectivity index (χ1v) is 10.2. The average molecular weight is 429 g/mol. The van der Waals surface area contributed by atoms with Crippen LogP contribution in [0.25, 0.3) is 0 Å². The molecule has 0 fully saturated rings. The number of amides is 1. The molecule has 0 radical (unpaired) electrons. The van der Waals surface area contributed by atoms with Gasteiger partial charge in [-0.1, -0.05) is 43.7 Å². The lowest BCUT2D eigenvalue weighted by Crippen LogP contribution is -2.34. The van der Waals surface area contributed by atoms with E-state index >= 15 is 0 Å². The zero-order chi connectivity index (χ0) is 22.6. The zero-order valence-electron chi connectivity index (χ0n) is 17.9. The third-order valence-electron chi connectivity index (χ3n) is 4.94. The van der Waals surface area contributed by atoms with E-state index in [0.717, 1.165) is 23.3 Å². The van der Waals surface area contributed by atoms with E-state index in [1.54, 1.807) is 17.3 Å². The Morgan fingerprint density at radius 1 is 1.06 bits per heavy atom. The lowest BCUT2D eigenvalue weighted by atomic mass is 10.1. The molecule has 1 heterocycles. The molecule has 4 nitrogen and oxygen atoms in total. The van der Waals surface area contributed by atoms with E-state index in [0.29, 0.717) is 31.0 Å². The normalized spacial score (nSPS) is 11.7. The average Bonchev–Trinajstić information content (AvgIpc) is 3.13. The second-order valence-corrected chi connectivity index (χ2v) is 8.11. The number of imidazole rings is 1. The lowest BCUT2D eigenvalue weighted by molar-refractivity contribution is -0.137. The first kappa shape index (κ1) is 22.6. The van der Waals surface area contributed by atoms with Gasteiger partial charge in [-0.3, -0.25) is 4.79 Å². The minimum Gasteiger partial charge on any atom is -0.331 e. The molecular weight excluding hydrogens is 403 g/mol. The van der Waals surface area contributed by atoms with Crippen LogP contribution in [0.2, 0.25) is 0 Å². The highest BCUT2D eigenvalue weighted by molar-refractivity contribution is 5.94. The fraction of sp³-hybridized carbons (Fsp3) is 0.333. The van der Waals surface area contributed by atoms with Crippen LogP contribution in [0, 0.1) is 12.8 Å². The third kappa shape index (κ3) is 5.96. The molecule has 0 bridgehead atoms. The van der Waals surface area contributed by atoms with Gasteiger partial charge in [0.1, 0.15) is 5.82 Å². The molecule has 0 aliphatic heterocycles. The number of halogens is 3. The molecule has 1 amide bonds. The number of rotatable bonds is 7. The van der Waals surface area contributed by atoms with Crippen molar-refractivity contribution >= 4 is 5.91 Å². The second kappa shape index (κ2) is 9.37. The Morgan fingerprint density at radius 2 is 1.71 bits per heavy atom. The molecule has 0 saturated carbocycles. The molecule has 0 N–H and O–H groups in total. The number of nitrogens with zero attached hydrogens (tertiary/aromatic N) is 3. The maximum Gasteiger partial charge on any atom is 0.416 e. The Bertz CT molecular complexity index is 1010. The van der Waals surface area contributed by atoms with Gasteiger partial charge in [0.05, 0.1) is 12.1 Å². The fourth-order valence-corrected chi connectivity index (χ4v) is 3.34. The van der Waals surface area contributed by atoms with Crippen molar-refractivity contribution in [2.45, 2.75) is 40.0 Å². The maximum absolute atomic E-state index is 13.1. The van der Waals surface area contributed by atoms with Crippen LogP contribution < -0.4 is 0 Å². The van der Waals surface area contributed by atoms with E-state index in [1.165, 1.54) is 12.1 Å². The number of carbonyl (C=O) groups is 1. The second-order valence-electron chi connectivity index (χ2n) is 8.11. The topological polar surface area (TPSA) is 38.1 Å². The molecule has 0 saturated heterocycles. The summed E-state index contributed by atoms with van der Waals surface area (Å²) in [6, 6.07) is 12.6. The van der Waals surface area contributed by atoms with Gasteiger partial charge in [0.25, 0.3) is 5.91 Å². The summed E-state index contributed by atoms with van der Waals surface area (Å²) in [6.07, 6.45) is -0.938. The molecule has 7 heteroatoms. The van der Waals surface area contributed by atoms with E-state index in [1.807, 2.05) is 49.6 Å². The van der Waals surface area contributed by atoms with Crippen LogP contribution in [0.3, 0.4) is 0 Å². The summed E-state index contributed by atoms with van der Waals surface area (Å²) in [7, 11) is 0. The molecule has 0 atom stereocenters. The summed E-state index contributed by atoms with van der Waals surface area (Å²) >= 11 is 0. The van der Waals surface area contributed by atoms with Gasteiger partial charge in [-0.15, -0.1) is 0 Å². The Balaban J connectivity index is 1.78. The SMILES string of the molecule is Cc1ccc(C(=O)N(Cc2nccn2Cc2ccc(C(F)(F)F)cc2)CC(C)C)cc1. The van der Waals surface area contributed by atoms with Crippen LogP contribution in [0.5, 0.6) is 0 Å². The van der Waals surface area contributed by atoms with Crippen molar-refractivity contribution in [3.05, 3.63) is 89.0 Å². The molecular formula is C24H26F3N3O. The van der Waals surface area contributed by atoms with Gasteiger partial charge in [0.2, 0.25) is 0 Å². The molecule has 3 aromatic rings. The Hall–Kier alpha value is -3.09. The number of benzene rings is 2. The minimum atomic E-state index is -4.35. The van der Waals surface area contributed by atoms with Gasteiger partial charge in [0, 0.05) is 31.0 Å². The van der Waals surface area contributed by atoms with E-state index < -0.39 is 11.7 Å². The van der Waals surface area contributed by atoms with Crippen molar-refractivity contribution in [1.82, 2.24) is 14.5 Å². The predicted octanol–water partition coefficient (Wildman–Crippen LogP) is 5.56. The zero-order valence-corrected chi connectivity index (χ0v) is 17.9. The van der Waals surface area contributed by atoms with E-state index in [9.17, 15) is 18.0 Å². The first-order chi connectivity index (χ1) is 14.6. The van der Waals surface area contributed by atoms with Crippen LogP contribution in [-0.4, -0.2) is 26.9 Å². The van der Waals surface area contributed by atoms with Gasteiger partial charge in [-0.05, 0) is 42.7 Å². The standard InChI is InChI=1S/C24H26F3N3O/c1-17(2)14-30(23(31)20-8-4-18(3)5-9-20)16-22-28-12-13-29(22)15-19-6-10-21(11-7-19)24(25,26)27/h4-13,17H,14-16H2,1-3H3. The van der Waals surface area contributed by atoms with Crippen LogP contribution in [0.15, 0.2) is 60.9 Å². The van der Waals surface area contributed by atoms with Crippen molar-refractivity contribution in [3.63, 3.8) is 0 Å². The smallest absolute Gasteiger partial charge is 0.331 e. The first-order valence-electron chi connectivity index (χ1n) is 10.2. The van der Waals surface area contributed by atoms with Gasteiger partial charge < -0.3 is 9.47 Å². The summed E-state index contributed by atoms with van der Waals surface area (Å²) in [5, 5.41) is 0. The van der Waals surface area contributed by atoms with Crippen LogP contribution in [0.4, 0.5) is 13.2 Å². The van der Waals surface area contributed by atoms with Crippen LogP contribution in [-0.2, 0) is 19.3 Å². The van der Waals surface area contributed by atoms with Gasteiger partial charge in [0.15, 0.2) is 0 Å². The van der Waals surface area contributed by atoms with E-state index in [2.05, 4.69) is 4.98 Å². The molecule has 0 aliphatic rings. The summed E-state index contributed by atoms with van der Waals surface area (Å²) in [4.78, 5) is 19.3. The number of alkyl halides is 3. The van der Waals surface area contributed by atoms with Gasteiger partial charge in [-0.25, -0.2) is 4.98 Å². The molecule has 1 aromatic heterocycles. The predicted molar refractivity (Wildman–Crippen MR) is 114 cm³/mol. The summed E-state index contributed by atoms with van der Waals surface area (Å²) in [5.41, 5.74) is 1.76. The number of hydrogen-bond donors (Lipinski definition) is 0. The highest BCUT2D eigenvalue weighted by Gasteiger charge is 2.30. The Kier molecular flexibility index (Phi) is 6.83. The lowest BCUT2D eigenvalue weighted by Gasteiger charge is -2.25. The molecule has 3 rings (SSSR count). The highest BCUT2D eigenvalue weighted by atomic mass is 19.4. The van der Waals surface area contributed by atoms with Crippen molar-refractivity contribution < 1.29 is 18.0 Å². The van der Waals surface area contributed by atoms with Crippen molar-refractivity contribution in [3.8, 4) is 0 Å². The van der Waals surface area contributed by atoms with Crippen LogP contribution >= 0.6 is 0 Å². The number of aromatic nitrogens is 2. The van der Waals surface area contributed by atoms with Crippen LogP contribution in [0.1, 0.15) is 46.7 Å². The quantitative estimate of drug-likeness (QED) is 0.493. The fourth-order valence-electron chi connectivity index (χ4n) is 3.34. The summed E-state index contributed by atoms with van der Waals surface area (Å²) < 4.78 is 40.2. The van der Waals surface area contributed by atoms with Gasteiger partial charge >= 0.3 is 6.18 Å². The number of aryl methyl sites for hydroxylation is 1. The largest absolute Gasteiger partial charge is 0.416 e. The maximum atomic E-state index is 13.1. The number of carbonyl (C=O) groups excluding carboxylic acids is 1. The molecule has 0 aliphatic carbocycles.